The molecule has 0 aliphatic heterocycles. The van der Waals surface area contributed by atoms with Gasteiger partial charge in [0.1, 0.15) is 0 Å². The highest BCUT2D eigenvalue weighted by Gasteiger charge is 2.21. The maximum atomic E-state index is 3.89. The van der Waals surface area contributed by atoms with Crippen molar-refractivity contribution >= 4 is 65.9 Å². The number of allylic oxidation sites excluding steroid dienone is 6. The number of fused-ring (bicyclic) bond motifs is 8. The van der Waals surface area contributed by atoms with E-state index in [2.05, 4.69) is 188 Å². The molecule has 2 nitrogen and oxygen atoms in total. The second kappa shape index (κ2) is 17.6. The van der Waals surface area contributed by atoms with Gasteiger partial charge < -0.3 is 9.47 Å². The van der Waals surface area contributed by atoms with E-state index < -0.39 is 0 Å². The first-order valence-corrected chi connectivity index (χ1v) is 21.5. The minimum atomic E-state index is 0.321. The number of nitrogens with zero attached hydrogens (tertiary/aromatic N) is 2. The maximum absolute atomic E-state index is 3.89. The molecule has 0 N–H and O–H groups in total. The van der Waals surface area contributed by atoms with Crippen molar-refractivity contribution in [2.24, 2.45) is 7.05 Å². The zero-order valence-electron chi connectivity index (χ0n) is 35.4. The van der Waals surface area contributed by atoms with Crippen LogP contribution in [0.2, 0.25) is 0 Å². The molecule has 1 heterocycles. The van der Waals surface area contributed by atoms with Gasteiger partial charge in [0.05, 0.1) is 5.52 Å². The van der Waals surface area contributed by atoms with E-state index in [1.165, 1.54) is 114 Å². The smallest absolute Gasteiger partial charge is 0.0574 e. The van der Waals surface area contributed by atoms with Crippen LogP contribution in [0.1, 0.15) is 81.0 Å². The fourth-order valence-corrected chi connectivity index (χ4v) is 9.18. The SMILES string of the molecule is C=C(C)c1ccccc1C.CC.Cn1c2ccc(C3C=CC(N(c4ccccc4)c4cccc(C5=CCCCC5)c4)=CC3)cc2c2c3ccccc3c3ccccc3c21. The zero-order valence-corrected chi connectivity index (χ0v) is 35.4. The van der Waals surface area contributed by atoms with Crippen LogP contribution in [-0.2, 0) is 7.05 Å². The number of aryl methyl sites for hydroxylation is 2. The second-order valence-corrected chi connectivity index (χ2v) is 15.8. The van der Waals surface area contributed by atoms with Gasteiger partial charge in [0.15, 0.2) is 0 Å². The quantitative estimate of drug-likeness (QED) is 0.153. The van der Waals surface area contributed by atoms with E-state index in [1.807, 2.05) is 32.9 Å². The van der Waals surface area contributed by atoms with Crippen molar-refractivity contribution in [1.82, 2.24) is 4.57 Å². The lowest BCUT2D eigenvalue weighted by atomic mass is 9.89. The summed E-state index contributed by atoms with van der Waals surface area (Å²) in [5.41, 5.74) is 14.1. The minimum absolute atomic E-state index is 0.321. The van der Waals surface area contributed by atoms with Gasteiger partial charge in [0.25, 0.3) is 0 Å². The number of para-hydroxylation sites is 1. The highest BCUT2D eigenvalue weighted by Crippen LogP contribution is 2.42. The van der Waals surface area contributed by atoms with Crippen LogP contribution in [0.3, 0.4) is 0 Å². The molecule has 1 atom stereocenters. The van der Waals surface area contributed by atoms with E-state index in [9.17, 15) is 0 Å². The van der Waals surface area contributed by atoms with Gasteiger partial charge in [-0.2, -0.15) is 0 Å². The van der Waals surface area contributed by atoms with Gasteiger partial charge in [-0.3, -0.25) is 0 Å². The predicted octanol–water partition coefficient (Wildman–Crippen LogP) is 16.4. The van der Waals surface area contributed by atoms with Gasteiger partial charge in [-0.1, -0.05) is 153 Å². The molecule has 294 valence electrons. The van der Waals surface area contributed by atoms with Gasteiger partial charge in [0.2, 0.25) is 0 Å². The Balaban J connectivity index is 0.000000352. The number of hydrogen-bond acceptors (Lipinski definition) is 1. The number of hydrogen-bond donors (Lipinski definition) is 0. The summed E-state index contributed by atoms with van der Waals surface area (Å²) < 4.78 is 2.40. The fraction of sp³-hybridized carbons (Fsp3) is 0.193. The highest BCUT2D eigenvalue weighted by molar-refractivity contribution is 6.31. The summed E-state index contributed by atoms with van der Waals surface area (Å²) in [6, 6.07) is 53.1. The molecule has 0 spiro atoms. The lowest BCUT2D eigenvalue weighted by molar-refractivity contribution is 0.742. The summed E-state index contributed by atoms with van der Waals surface area (Å²) in [6.45, 7) is 12.0. The van der Waals surface area contributed by atoms with Crippen LogP contribution in [0.15, 0.2) is 182 Å². The standard InChI is InChI=1S/C45H38N2.C10H12.C2H6/c1-46-43-28-25-34(30-42(43)44-40-21-10-8-19-38(40)39-20-9-11-22-41(39)45(44)46)32-23-26-36(27-24-32)47(35-16-6-3-7-17-35)37-18-12-15-33(29-37)31-13-4-2-5-14-31;1-8(2)10-7-5-4-6-9(10)3;1-2/h3,6-13,15-23,25-30,32H,2,4-5,14,24H2,1H3;4-7H,1H2,2-3H3;1-2H3. The molecule has 2 aliphatic rings. The first-order valence-electron chi connectivity index (χ1n) is 21.5. The fourth-order valence-electron chi connectivity index (χ4n) is 9.18. The molecule has 8 aromatic rings. The third kappa shape index (κ3) is 7.80. The molecule has 1 aromatic heterocycles. The van der Waals surface area contributed by atoms with E-state index in [0.717, 1.165) is 12.0 Å². The lowest BCUT2D eigenvalue weighted by Crippen LogP contribution is -2.17. The molecular weight excluding hydrogens is 713 g/mol. The molecule has 0 radical (unpaired) electrons. The van der Waals surface area contributed by atoms with Crippen molar-refractivity contribution in [2.75, 3.05) is 4.90 Å². The minimum Gasteiger partial charge on any atom is -0.343 e. The number of aromatic nitrogens is 1. The van der Waals surface area contributed by atoms with Crippen LogP contribution in [0.5, 0.6) is 0 Å². The van der Waals surface area contributed by atoms with Crippen molar-refractivity contribution in [3.05, 3.63) is 204 Å². The third-order valence-electron chi connectivity index (χ3n) is 12.0. The van der Waals surface area contributed by atoms with Gasteiger partial charge in [-0.05, 0) is 132 Å². The third-order valence-corrected chi connectivity index (χ3v) is 12.0. The van der Waals surface area contributed by atoms with E-state index in [1.54, 1.807) is 0 Å². The van der Waals surface area contributed by atoms with Crippen LogP contribution in [0.4, 0.5) is 11.4 Å². The van der Waals surface area contributed by atoms with Crippen LogP contribution in [-0.4, -0.2) is 4.57 Å². The Kier molecular flexibility index (Phi) is 11.8. The van der Waals surface area contributed by atoms with E-state index in [-0.39, 0.29) is 0 Å². The molecule has 0 saturated heterocycles. The molecule has 0 saturated carbocycles. The average molecular weight is 769 g/mol. The first kappa shape index (κ1) is 39.4. The normalized spacial score (nSPS) is 14.9. The Labute approximate surface area is 351 Å². The molecule has 0 fully saturated rings. The van der Waals surface area contributed by atoms with Crippen molar-refractivity contribution < 1.29 is 0 Å². The molecule has 2 aliphatic carbocycles. The monoisotopic (exact) mass is 768 g/mol. The van der Waals surface area contributed by atoms with Crippen molar-refractivity contribution in [2.45, 2.75) is 65.7 Å². The maximum Gasteiger partial charge on any atom is 0.0574 e. The average Bonchev–Trinajstić information content (AvgIpc) is 3.60. The summed E-state index contributed by atoms with van der Waals surface area (Å²) in [6.07, 6.45) is 15.5. The molecule has 59 heavy (non-hydrogen) atoms. The largest absolute Gasteiger partial charge is 0.343 e. The van der Waals surface area contributed by atoms with Crippen LogP contribution in [0.25, 0.3) is 54.5 Å². The molecule has 7 aromatic carbocycles. The van der Waals surface area contributed by atoms with E-state index in [4.69, 9.17) is 0 Å². The van der Waals surface area contributed by atoms with Crippen molar-refractivity contribution in [1.29, 1.82) is 0 Å². The molecule has 1 unspecified atom stereocenters. The summed E-state index contributed by atoms with van der Waals surface area (Å²) in [4.78, 5) is 2.42. The molecular formula is C57H56N2. The number of anilines is 2. The van der Waals surface area contributed by atoms with Gasteiger partial charge in [-0.15, -0.1) is 0 Å². The van der Waals surface area contributed by atoms with Gasteiger partial charge >= 0.3 is 0 Å². The van der Waals surface area contributed by atoms with Gasteiger partial charge in [-0.25, -0.2) is 0 Å². The topological polar surface area (TPSA) is 8.17 Å². The van der Waals surface area contributed by atoms with E-state index in [0.29, 0.717) is 5.92 Å². The predicted molar refractivity (Wildman–Crippen MR) is 259 cm³/mol. The lowest BCUT2D eigenvalue weighted by Gasteiger charge is -2.29. The van der Waals surface area contributed by atoms with Crippen LogP contribution in [0, 0.1) is 6.92 Å². The molecule has 10 rings (SSSR count). The number of rotatable bonds is 6. The van der Waals surface area contributed by atoms with Crippen LogP contribution < -0.4 is 4.90 Å². The van der Waals surface area contributed by atoms with Crippen molar-refractivity contribution in [3.8, 4) is 0 Å². The summed E-state index contributed by atoms with van der Waals surface area (Å²) in [5, 5.41) is 7.98. The second-order valence-electron chi connectivity index (χ2n) is 15.8. The highest BCUT2D eigenvalue weighted by atomic mass is 15.1. The molecule has 0 bridgehead atoms. The molecule has 0 amide bonds. The Hall–Kier alpha value is -6.38. The van der Waals surface area contributed by atoms with Crippen molar-refractivity contribution in [3.63, 3.8) is 0 Å². The number of benzene rings is 7. The Morgan fingerprint density at radius 2 is 1.34 bits per heavy atom. The summed E-state index contributed by atoms with van der Waals surface area (Å²) >= 11 is 0. The van der Waals surface area contributed by atoms with Crippen LogP contribution >= 0.6 is 0 Å². The Bertz CT molecular complexity index is 2880. The summed E-state index contributed by atoms with van der Waals surface area (Å²) in [7, 11) is 2.22. The first-order chi connectivity index (χ1) is 29.0. The Morgan fingerprint density at radius 3 is 2.02 bits per heavy atom. The zero-order chi connectivity index (χ0) is 40.9. The van der Waals surface area contributed by atoms with Gasteiger partial charge in [0, 0.05) is 51.7 Å². The Morgan fingerprint density at radius 1 is 0.661 bits per heavy atom. The summed E-state index contributed by atoms with van der Waals surface area (Å²) in [5.74, 6) is 0.321. The van der Waals surface area contributed by atoms with E-state index >= 15 is 0 Å². The molecule has 2 heteroatoms.